The number of fused-ring (bicyclic) bond motifs is 8. The van der Waals surface area contributed by atoms with Crippen molar-refractivity contribution in [1.29, 1.82) is 0 Å². The van der Waals surface area contributed by atoms with Crippen molar-refractivity contribution in [3.05, 3.63) is 143 Å². The summed E-state index contributed by atoms with van der Waals surface area (Å²) in [5.74, 6) is 3.54. The van der Waals surface area contributed by atoms with Gasteiger partial charge in [-0.25, -0.2) is 0 Å². The first-order valence-corrected chi connectivity index (χ1v) is 11.6. The monoisotopic (exact) mass is 438 g/mol. The van der Waals surface area contributed by atoms with Gasteiger partial charge in [-0.15, -0.1) is 0 Å². The molecule has 0 N–H and O–H groups in total. The Morgan fingerprint density at radius 3 is 1.65 bits per heavy atom. The summed E-state index contributed by atoms with van der Waals surface area (Å²) >= 11 is 0. The molecule has 2 heterocycles. The third-order valence-corrected chi connectivity index (χ3v) is 7.06. The van der Waals surface area contributed by atoms with Gasteiger partial charge in [-0.2, -0.15) is 0 Å². The molecule has 2 aliphatic heterocycles. The number of hydrogen-bond donors (Lipinski definition) is 0. The molecule has 2 heteroatoms. The van der Waals surface area contributed by atoms with Crippen molar-refractivity contribution in [2.45, 2.75) is 12.3 Å². The second-order valence-corrected chi connectivity index (χ2v) is 9.02. The summed E-state index contributed by atoms with van der Waals surface area (Å²) < 4.78 is 13.0. The zero-order valence-corrected chi connectivity index (χ0v) is 18.8. The van der Waals surface area contributed by atoms with Crippen LogP contribution in [0.3, 0.4) is 0 Å². The second kappa shape index (κ2) is 7.10. The first-order valence-electron chi connectivity index (χ1n) is 11.6. The highest BCUT2D eigenvalue weighted by Gasteiger charge is 2.50. The minimum atomic E-state index is -0.530. The van der Waals surface area contributed by atoms with Crippen LogP contribution in [0.4, 0.5) is 0 Å². The van der Waals surface area contributed by atoms with Gasteiger partial charge in [0.05, 0.1) is 5.41 Å². The summed E-state index contributed by atoms with van der Waals surface area (Å²) in [5.41, 5.74) is 7.49. The van der Waals surface area contributed by atoms with E-state index in [4.69, 9.17) is 9.47 Å². The first kappa shape index (κ1) is 19.2. The van der Waals surface area contributed by atoms with Gasteiger partial charge in [0.1, 0.15) is 23.0 Å². The van der Waals surface area contributed by atoms with Crippen LogP contribution in [0.1, 0.15) is 27.8 Å². The summed E-state index contributed by atoms with van der Waals surface area (Å²) in [6, 6.07) is 40.4. The van der Waals surface area contributed by atoms with Gasteiger partial charge in [0, 0.05) is 22.3 Å². The van der Waals surface area contributed by atoms with E-state index in [1.807, 2.05) is 18.2 Å². The number of ether oxygens (including phenoxy) is 2. The van der Waals surface area contributed by atoms with Crippen molar-refractivity contribution in [3.63, 3.8) is 0 Å². The normalized spacial score (nSPS) is 17.0. The molecule has 0 aromatic heterocycles. The predicted octanol–water partition coefficient (Wildman–Crippen LogP) is 8.26. The molecule has 2 nitrogen and oxygen atoms in total. The van der Waals surface area contributed by atoms with Gasteiger partial charge in [0.25, 0.3) is 0 Å². The number of rotatable bonds is 1. The average Bonchev–Trinajstić information content (AvgIpc) is 2.88. The third-order valence-electron chi connectivity index (χ3n) is 7.06. The van der Waals surface area contributed by atoms with E-state index < -0.39 is 5.41 Å². The summed E-state index contributed by atoms with van der Waals surface area (Å²) in [4.78, 5) is 0. The van der Waals surface area contributed by atoms with E-state index in [1.165, 1.54) is 11.1 Å². The van der Waals surface area contributed by atoms with Gasteiger partial charge < -0.3 is 9.47 Å². The van der Waals surface area contributed by atoms with Gasteiger partial charge >= 0.3 is 0 Å². The van der Waals surface area contributed by atoms with Crippen molar-refractivity contribution in [1.82, 2.24) is 0 Å². The van der Waals surface area contributed by atoms with Crippen LogP contribution in [0, 0.1) is 6.92 Å². The Kier molecular flexibility index (Phi) is 4.01. The zero-order chi connectivity index (χ0) is 22.7. The molecule has 0 fully saturated rings. The number of hydrogen-bond acceptors (Lipinski definition) is 2. The Morgan fingerprint density at radius 2 is 0.971 bits per heavy atom. The average molecular weight is 439 g/mol. The molecule has 2 aliphatic rings. The summed E-state index contributed by atoms with van der Waals surface area (Å²) in [7, 11) is 0. The molecular weight excluding hydrogens is 416 g/mol. The minimum absolute atomic E-state index is 0.530. The van der Waals surface area contributed by atoms with Gasteiger partial charge in [-0.3, -0.25) is 0 Å². The first-order chi connectivity index (χ1) is 16.7. The van der Waals surface area contributed by atoms with Crippen LogP contribution < -0.4 is 9.47 Å². The molecule has 1 atom stereocenters. The van der Waals surface area contributed by atoms with E-state index in [9.17, 15) is 0 Å². The van der Waals surface area contributed by atoms with E-state index in [0.717, 1.165) is 50.8 Å². The number of aryl methyl sites for hydroxylation is 1. The highest BCUT2D eigenvalue weighted by Crippen LogP contribution is 2.61. The molecule has 0 saturated carbocycles. The molecule has 0 saturated heterocycles. The molecule has 0 radical (unpaired) electrons. The third kappa shape index (κ3) is 2.57. The Balaban J connectivity index is 1.60. The van der Waals surface area contributed by atoms with Crippen molar-refractivity contribution in [2.24, 2.45) is 0 Å². The molecule has 5 aromatic carbocycles. The van der Waals surface area contributed by atoms with Crippen LogP contribution in [0.5, 0.6) is 23.0 Å². The van der Waals surface area contributed by atoms with E-state index in [2.05, 4.69) is 104 Å². The molecular formula is C32H22O2. The molecule has 5 aromatic rings. The standard InChI is InChI=1S/C32H22O2/c1-21-15-17-26-30(19-21)33-28-13-7-5-11-24(28)32(26)25-12-6-8-14-29(25)34-31-20-23(16-18-27(31)32)22-9-3-2-4-10-22/h2-20H,1H3. The van der Waals surface area contributed by atoms with Gasteiger partial charge in [0.15, 0.2) is 0 Å². The van der Waals surface area contributed by atoms with Crippen molar-refractivity contribution >= 4 is 0 Å². The molecule has 0 aliphatic carbocycles. The lowest BCUT2D eigenvalue weighted by molar-refractivity contribution is 0.399. The van der Waals surface area contributed by atoms with Crippen molar-refractivity contribution in [3.8, 4) is 34.1 Å². The zero-order valence-electron chi connectivity index (χ0n) is 18.8. The topological polar surface area (TPSA) is 18.5 Å². The SMILES string of the molecule is Cc1ccc2c(c1)Oc1ccccc1C21c2ccccc2Oc2cc(-c3ccccc3)ccc21. The second-order valence-electron chi connectivity index (χ2n) is 9.02. The van der Waals surface area contributed by atoms with E-state index >= 15 is 0 Å². The lowest BCUT2D eigenvalue weighted by Crippen LogP contribution is -2.36. The van der Waals surface area contributed by atoms with Gasteiger partial charge in [-0.05, 0) is 47.9 Å². The van der Waals surface area contributed by atoms with Crippen LogP contribution in [0.25, 0.3) is 11.1 Å². The highest BCUT2D eigenvalue weighted by atomic mass is 16.5. The van der Waals surface area contributed by atoms with Crippen LogP contribution >= 0.6 is 0 Å². The fraction of sp³-hybridized carbons (Fsp3) is 0.0625. The summed E-state index contributed by atoms with van der Waals surface area (Å²) in [6.45, 7) is 2.11. The predicted molar refractivity (Wildman–Crippen MR) is 135 cm³/mol. The maximum atomic E-state index is 6.58. The Hall–Kier alpha value is -4.30. The van der Waals surface area contributed by atoms with Crippen molar-refractivity contribution in [2.75, 3.05) is 0 Å². The Labute approximate surface area is 199 Å². The maximum absolute atomic E-state index is 6.58. The van der Waals surface area contributed by atoms with Crippen LogP contribution in [0.15, 0.2) is 115 Å². The lowest BCUT2D eigenvalue weighted by atomic mass is 9.62. The fourth-order valence-corrected chi connectivity index (χ4v) is 5.59. The van der Waals surface area contributed by atoms with Crippen LogP contribution in [0.2, 0.25) is 0 Å². The van der Waals surface area contributed by atoms with Gasteiger partial charge in [-0.1, -0.05) is 91.0 Å². The number of para-hydroxylation sites is 2. The summed E-state index contributed by atoms with van der Waals surface area (Å²) in [6.07, 6.45) is 0. The maximum Gasteiger partial charge on any atom is 0.132 e. The van der Waals surface area contributed by atoms with E-state index in [1.54, 1.807) is 0 Å². The van der Waals surface area contributed by atoms with Crippen LogP contribution in [-0.4, -0.2) is 0 Å². The number of benzene rings is 5. The molecule has 0 bridgehead atoms. The molecule has 1 unspecified atom stereocenters. The minimum Gasteiger partial charge on any atom is -0.457 e. The van der Waals surface area contributed by atoms with E-state index in [0.29, 0.717) is 0 Å². The molecule has 162 valence electrons. The lowest BCUT2D eigenvalue weighted by Gasteiger charge is -2.45. The Morgan fingerprint density at radius 1 is 0.441 bits per heavy atom. The fourth-order valence-electron chi connectivity index (χ4n) is 5.59. The largest absolute Gasteiger partial charge is 0.457 e. The molecule has 0 amide bonds. The van der Waals surface area contributed by atoms with Gasteiger partial charge in [0.2, 0.25) is 0 Å². The Bertz CT molecular complexity index is 1550. The van der Waals surface area contributed by atoms with Crippen LogP contribution in [-0.2, 0) is 5.41 Å². The molecule has 7 rings (SSSR count). The van der Waals surface area contributed by atoms with E-state index in [-0.39, 0.29) is 0 Å². The van der Waals surface area contributed by atoms with Crippen molar-refractivity contribution < 1.29 is 9.47 Å². The quantitative estimate of drug-likeness (QED) is 0.257. The highest BCUT2D eigenvalue weighted by molar-refractivity contribution is 5.77. The smallest absolute Gasteiger partial charge is 0.132 e. The summed E-state index contributed by atoms with van der Waals surface area (Å²) in [5, 5.41) is 0. The molecule has 34 heavy (non-hydrogen) atoms. The molecule has 1 spiro atoms.